The van der Waals surface area contributed by atoms with Crippen molar-refractivity contribution < 1.29 is 24.5 Å². The van der Waals surface area contributed by atoms with Crippen LogP contribution in [0.2, 0.25) is 0 Å². The van der Waals surface area contributed by atoms with Crippen LogP contribution < -0.4 is 5.32 Å². The highest BCUT2D eigenvalue weighted by atomic mass is 16.5. The first-order valence-corrected chi connectivity index (χ1v) is 11.6. The Morgan fingerprint density at radius 2 is 1.90 bits per heavy atom. The van der Waals surface area contributed by atoms with Gasteiger partial charge < -0.3 is 20.3 Å². The van der Waals surface area contributed by atoms with Crippen molar-refractivity contribution in [1.29, 1.82) is 0 Å². The summed E-state index contributed by atoms with van der Waals surface area (Å²) in [6.45, 7) is 10.4. The van der Waals surface area contributed by atoms with Crippen molar-refractivity contribution in [2.24, 2.45) is 29.1 Å². The zero-order chi connectivity index (χ0) is 23.1. The molecule has 8 atom stereocenters. The zero-order valence-electron chi connectivity index (χ0n) is 19.7. The van der Waals surface area contributed by atoms with Gasteiger partial charge in [-0.15, -0.1) is 0 Å². The number of ketones is 1. The van der Waals surface area contributed by atoms with Gasteiger partial charge in [-0.3, -0.25) is 9.59 Å². The summed E-state index contributed by atoms with van der Waals surface area (Å²) in [7, 11) is 1.44. The largest absolute Gasteiger partial charge is 0.390 e. The van der Waals surface area contributed by atoms with Gasteiger partial charge in [0.05, 0.1) is 12.2 Å². The monoisotopic (exact) mass is 433 g/mol. The number of aliphatic hydroxyl groups excluding tert-OH is 2. The second-order valence-electron chi connectivity index (χ2n) is 10.3. The predicted molar refractivity (Wildman–Crippen MR) is 119 cm³/mol. The Kier molecular flexibility index (Phi) is 7.14. The molecule has 2 aliphatic carbocycles. The van der Waals surface area contributed by atoms with Gasteiger partial charge in [0.2, 0.25) is 5.91 Å². The number of rotatable bonds is 3. The van der Waals surface area contributed by atoms with Gasteiger partial charge in [0.1, 0.15) is 11.5 Å². The van der Waals surface area contributed by atoms with Crippen molar-refractivity contribution in [3.63, 3.8) is 0 Å². The number of hydrogen-bond donors (Lipinski definition) is 3. The number of Topliss-reactive ketones (excluding diaryl/α,β-unsaturated/α-hetero) is 1. The third kappa shape index (κ3) is 4.14. The van der Waals surface area contributed by atoms with Crippen molar-refractivity contribution in [3.05, 3.63) is 23.3 Å². The predicted octanol–water partition coefficient (Wildman–Crippen LogP) is 2.78. The van der Waals surface area contributed by atoms with Gasteiger partial charge in [0, 0.05) is 31.4 Å². The molecule has 0 unspecified atom stereocenters. The highest BCUT2D eigenvalue weighted by Crippen LogP contribution is 2.55. The highest BCUT2D eigenvalue weighted by molar-refractivity contribution is 6.09. The lowest BCUT2D eigenvalue weighted by Gasteiger charge is -2.45. The maximum atomic E-state index is 14.0. The number of allylic oxidation sites excluding steroid dienone is 4. The van der Waals surface area contributed by atoms with Gasteiger partial charge in [-0.05, 0) is 44.9 Å². The third-order valence-corrected chi connectivity index (χ3v) is 7.83. The van der Waals surface area contributed by atoms with Crippen molar-refractivity contribution in [2.45, 2.75) is 84.7 Å². The molecule has 1 aliphatic heterocycles. The molecule has 1 amide bonds. The fourth-order valence-corrected chi connectivity index (χ4v) is 6.08. The van der Waals surface area contributed by atoms with E-state index in [1.165, 1.54) is 12.7 Å². The third-order valence-electron chi connectivity index (χ3n) is 7.83. The average Bonchev–Trinajstić information content (AvgIpc) is 2.98. The molecule has 6 heteroatoms. The minimum atomic E-state index is -1.22. The first-order valence-electron chi connectivity index (χ1n) is 11.6. The molecule has 0 bridgehead atoms. The van der Waals surface area contributed by atoms with Gasteiger partial charge in [0.15, 0.2) is 5.78 Å². The minimum absolute atomic E-state index is 0.0760. The second-order valence-corrected chi connectivity index (χ2v) is 10.3. The molecule has 6 nitrogen and oxygen atoms in total. The van der Waals surface area contributed by atoms with Gasteiger partial charge in [0.25, 0.3) is 0 Å². The van der Waals surface area contributed by atoms with E-state index in [4.69, 9.17) is 4.74 Å². The van der Waals surface area contributed by atoms with Gasteiger partial charge in [-0.2, -0.15) is 0 Å². The fraction of sp³-hybridized carbons (Fsp3) is 0.760. The normalized spacial score (nSPS) is 43.3. The van der Waals surface area contributed by atoms with Crippen LogP contribution in [-0.2, 0) is 14.3 Å². The van der Waals surface area contributed by atoms with Crippen LogP contribution >= 0.6 is 0 Å². The van der Waals surface area contributed by atoms with Gasteiger partial charge in [-0.25, -0.2) is 0 Å². The molecule has 174 valence electrons. The average molecular weight is 434 g/mol. The maximum absolute atomic E-state index is 14.0. The fourth-order valence-electron chi connectivity index (χ4n) is 6.08. The van der Waals surface area contributed by atoms with Crippen molar-refractivity contribution >= 4 is 11.7 Å². The van der Waals surface area contributed by atoms with Crippen molar-refractivity contribution in [1.82, 2.24) is 5.32 Å². The van der Waals surface area contributed by atoms with Gasteiger partial charge >= 0.3 is 0 Å². The molecule has 1 heterocycles. The molecule has 0 saturated carbocycles. The molecule has 0 aromatic heterocycles. The van der Waals surface area contributed by atoms with Crippen molar-refractivity contribution in [2.75, 3.05) is 7.11 Å². The van der Waals surface area contributed by atoms with Crippen LogP contribution in [0.25, 0.3) is 0 Å². The van der Waals surface area contributed by atoms with Crippen LogP contribution in [0.15, 0.2) is 23.3 Å². The second kappa shape index (κ2) is 9.16. The number of methoxy groups -OCH3 is 1. The number of aliphatic hydroxyl groups is 2. The standard InChI is InChI=1S/C25H39NO5/c1-13(2)9-18-22-16(5)15(4)11-17-10-14(3)7-8-19(27)23(29)20(31-6)12-21(28)25(17,22)24(30)26-18/h10-11,13,16-20,22-23,27,29H,7-9,12H2,1-6H3,(H,26,30)/b14-10+/t16-,17+,18-,19+,20-,22+,23-,25+/m1/s1. The molecule has 0 aromatic rings. The Morgan fingerprint density at radius 1 is 1.23 bits per heavy atom. The lowest BCUT2D eigenvalue weighted by Crippen LogP contribution is -2.54. The summed E-state index contributed by atoms with van der Waals surface area (Å²) < 4.78 is 5.45. The molecule has 1 saturated heterocycles. The molecule has 0 aromatic carbocycles. The molecule has 31 heavy (non-hydrogen) atoms. The first-order chi connectivity index (χ1) is 14.5. The molecular weight excluding hydrogens is 394 g/mol. The van der Waals surface area contributed by atoms with E-state index < -0.39 is 23.7 Å². The van der Waals surface area contributed by atoms with Crippen LogP contribution in [0, 0.1) is 29.1 Å². The number of carbonyl (C=O) groups excluding carboxylic acids is 2. The molecule has 3 aliphatic rings. The molecule has 1 fully saturated rings. The molecule has 0 radical (unpaired) electrons. The summed E-state index contributed by atoms with van der Waals surface area (Å²) in [5.41, 5.74) is 0.994. The summed E-state index contributed by atoms with van der Waals surface area (Å²) in [4.78, 5) is 27.7. The van der Waals surface area contributed by atoms with E-state index in [2.05, 4.69) is 39.1 Å². The van der Waals surface area contributed by atoms with E-state index in [1.54, 1.807) is 0 Å². The number of ether oxygens (including phenoxy) is 1. The molecule has 3 rings (SSSR count). The summed E-state index contributed by atoms with van der Waals surface area (Å²) in [5, 5.41) is 24.3. The van der Waals surface area contributed by atoms with Gasteiger partial charge in [-0.1, -0.05) is 44.1 Å². The van der Waals surface area contributed by atoms with Crippen LogP contribution in [0.1, 0.15) is 60.3 Å². The number of hydrogen-bond acceptors (Lipinski definition) is 5. The first kappa shape index (κ1) is 24.1. The smallest absolute Gasteiger partial charge is 0.235 e. The summed E-state index contributed by atoms with van der Waals surface area (Å²) >= 11 is 0. The Labute approximate surface area is 186 Å². The highest BCUT2D eigenvalue weighted by Gasteiger charge is 2.65. The van der Waals surface area contributed by atoms with E-state index >= 15 is 0 Å². The van der Waals surface area contributed by atoms with Crippen molar-refractivity contribution in [3.8, 4) is 0 Å². The molecular formula is C25H39NO5. The van der Waals surface area contributed by atoms with E-state index in [0.717, 1.165) is 12.0 Å². The Bertz CT molecular complexity index is 772. The maximum Gasteiger partial charge on any atom is 0.235 e. The lowest BCUT2D eigenvalue weighted by molar-refractivity contribution is -0.149. The summed E-state index contributed by atoms with van der Waals surface area (Å²) in [6.07, 6.45) is 2.79. The Morgan fingerprint density at radius 3 is 2.52 bits per heavy atom. The van der Waals surface area contributed by atoms with E-state index in [-0.39, 0.29) is 41.9 Å². The number of carbonyl (C=O) groups is 2. The van der Waals surface area contributed by atoms with E-state index in [0.29, 0.717) is 18.8 Å². The van der Waals surface area contributed by atoms with Crippen LogP contribution in [0.5, 0.6) is 0 Å². The SMILES string of the molecule is CO[C@@H]1CC(=O)[C@]23C(=O)N[C@H](CC(C)C)[C@@H]2[C@H](C)C(C)=C[C@@H]3/C=C(\C)CC[C@H](O)[C@H]1O. The van der Waals surface area contributed by atoms with E-state index in [9.17, 15) is 19.8 Å². The topological polar surface area (TPSA) is 95.9 Å². The quantitative estimate of drug-likeness (QED) is 0.470. The number of nitrogens with one attached hydrogen (secondary N) is 1. The Balaban J connectivity index is 2.19. The van der Waals surface area contributed by atoms with E-state index in [1.807, 2.05) is 13.0 Å². The molecule has 1 spiro atoms. The molecule has 3 N–H and O–H groups in total. The lowest BCUT2D eigenvalue weighted by atomic mass is 9.54. The summed E-state index contributed by atoms with van der Waals surface area (Å²) in [5.74, 6) is -0.445. The van der Waals surface area contributed by atoms with Crippen LogP contribution in [0.3, 0.4) is 0 Å². The summed E-state index contributed by atoms with van der Waals surface area (Å²) in [6, 6.07) is -0.0760. The zero-order valence-corrected chi connectivity index (χ0v) is 19.7. The van der Waals surface area contributed by atoms with Crippen LogP contribution in [0.4, 0.5) is 0 Å². The Hall–Kier alpha value is -1.50. The number of amides is 1. The minimum Gasteiger partial charge on any atom is -0.390 e. The van der Waals surface area contributed by atoms with Crippen LogP contribution in [-0.4, -0.2) is 53.4 Å².